The lowest BCUT2D eigenvalue weighted by atomic mass is 9.69. The molecule has 1 fully saturated rings. The monoisotopic (exact) mass is 222 g/mol. The fourth-order valence-electron chi connectivity index (χ4n) is 2.32. The molecule has 0 amide bonds. The van der Waals surface area contributed by atoms with Crippen LogP contribution < -0.4 is 5.73 Å². The molecule has 1 aromatic rings. The van der Waals surface area contributed by atoms with Gasteiger partial charge in [0.25, 0.3) is 5.69 Å². The molecule has 0 spiro atoms. The summed E-state index contributed by atoms with van der Waals surface area (Å²) in [4.78, 5) is 10.2. The first kappa shape index (κ1) is 11.0. The molecule has 0 bridgehead atoms. The van der Waals surface area contributed by atoms with E-state index < -0.39 is 10.5 Å². The molecular formula is C11H14N2O3. The van der Waals surface area contributed by atoms with E-state index >= 15 is 0 Å². The first-order valence-electron chi connectivity index (χ1n) is 5.15. The Morgan fingerprint density at radius 1 is 1.56 bits per heavy atom. The van der Waals surface area contributed by atoms with Crippen molar-refractivity contribution in [2.45, 2.75) is 31.4 Å². The Kier molecular flexibility index (Phi) is 2.44. The number of aliphatic hydroxyl groups excluding tert-OH is 1. The van der Waals surface area contributed by atoms with Crippen molar-refractivity contribution in [3.05, 3.63) is 39.4 Å². The Bertz CT molecular complexity index is 439. The number of hydrogen-bond acceptors (Lipinski definition) is 4. The molecule has 0 atom stereocenters. The smallest absolute Gasteiger partial charge is 0.269 e. The number of rotatable bonds is 2. The highest BCUT2D eigenvalue weighted by Gasteiger charge is 2.42. The van der Waals surface area contributed by atoms with Crippen molar-refractivity contribution in [2.24, 2.45) is 5.73 Å². The number of aliphatic hydroxyl groups is 1. The lowest BCUT2D eigenvalue weighted by molar-refractivity contribution is -0.384. The van der Waals surface area contributed by atoms with Crippen LogP contribution in [0.25, 0.3) is 0 Å². The molecule has 1 aromatic carbocycles. The maximum atomic E-state index is 10.6. The largest absolute Gasteiger partial charge is 0.393 e. The van der Waals surface area contributed by atoms with Crippen LogP contribution in [-0.2, 0) is 5.54 Å². The molecular weight excluding hydrogens is 208 g/mol. The quantitative estimate of drug-likeness (QED) is 0.581. The maximum Gasteiger partial charge on any atom is 0.269 e. The molecule has 5 heteroatoms. The Morgan fingerprint density at radius 3 is 2.62 bits per heavy atom. The van der Waals surface area contributed by atoms with E-state index in [2.05, 4.69) is 0 Å². The summed E-state index contributed by atoms with van der Waals surface area (Å²) >= 11 is 0. The normalized spacial score (nSPS) is 28.6. The predicted octanol–water partition coefficient (Wildman–Crippen LogP) is 1.21. The molecule has 0 aromatic heterocycles. The molecule has 0 heterocycles. The van der Waals surface area contributed by atoms with Crippen LogP contribution in [-0.4, -0.2) is 16.1 Å². The number of benzene rings is 1. The van der Waals surface area contributed by atoms with Gasteiger partial charge >= 0.3 is 0 Å². The van der Waals surface area contributed by atoms with E-state index in [0.717, 1.165) is 11.1 Å². The van der Waals surface area contributed by atoms with Crippen molar-refractivity contribution >= 4 is 5.69 Å². The summed E-state index contributed by atoms with van der Waals surface area (Å²) < 4.78 is 0. The first-order valence-corrected chi connectivity index (χ1v) is 5.15. The van der Waals surface area contributed by atoms with Crippen molar-refractivity contribution < 1.29 is 10.0 Å². The zero-order chi connectivity index (χ0) is 11.9. The van der Waals surface area contributed by atoms with E-state index in [-0.39, 0.29) is 11.8 Å². The Morgan fingerprint density at radius 2 is 2.19 bits per heavy atom. The SMILES string of the molecule is Cc1cc([N+](=O)[O-])ccc1C1(N)CC(O)C1. The van der Waals surface area contributed by atoms with Gasteiger partial charge in [-0.25, -0.2) is 0 Å². The highest BCUT2D eigenvalue weighted by molar-refractivity contribution is 5.43. The average Bonchev–Trinajstić information content (AvgIpc) is 2.14. The molecule has 0 aliphatic heterocycles. The van der Waals surface area contributed by atoms with Gasteiger partial charge in [0.05, 0.1) is 11.0 Å². The van der Waals surface area contributed by atoms with Crippen LogP contribution in [0.4, 0.5) is 5.69 Å². The second-order valence-corrected chi connectivity index (χ2v) is 4.47. The zero-order valence-electron chi connectivity index (χ0n) is 9.01. The van der Waals surface area contributed by atoms with E-state index in [0.29, 0.717) is 12.8 Å². The van der Waals surface area contributed by atoms with Gasteiger partial charge in [0, 0.05) is 17.7 Å². The van der Waals surface area contributed by atoms with Crippen LogP contribution in [0.3, 0.4) is 0 Å². The fraction of sp³-hybridized carbons (Fsp3) is 0.455. The Balaban J connectivity index is 2.33. The van der Waals surface area contributed by atoms with Gasteiger partial charge in [-0.3, -0.25) is 10.1 Å². The number of nitrogens with two attached hydrogens (primary N) is 1. The number of nitro groups is 1. The van der Waals surface area contributed by atoms with Gasteiger partial charge in [-0.2, -0.15) is 0 Å². The number of hydrogen-bond donors (Lipinski definition) is 2. The van der Waals surface area contributed by atoms with E-state index in [1.807, 2.05) is 6.92 Å². The van der Waals surface area contributed by atoms with Crippen molar-refractivity contribution in [3.63, 3.8) is 0 Å². The third kappa shape index (κ3) is 1.68. The molecule has 0 radical (unpaired) electrons. The van der Waals surface area contributed by atoms with Gasteiger partial charge in [-0.15, -0.1) is 0 Å². The van der Waals surface area contributed by atoms with Crippen LogP contribution in [0.2, 0.25) is 0 Å². The molecule has 3 N–H and O–H groups in total. The summed E-state index contributed by atoms with van der Waals surface area (Å²) in [5.41, 5.74) is 7.37. The molecule has 5 nitrogen and oxygen atoms in total. The number of non-ortho nitro benzene ring substituents is 1. The number of nitro benzene ring substituents is 1. The Labute approximate surface area is 93.0 Å². The third-order valence-electron chi connectivity index (χ3n) is 3.16. The van der Waals surface area contributed by atoms with Crippen molar-refractivity contribution in [1.82, 2.24) is 0 Å². The van der Waals surface area contributed by atoms with Gasteiger partial charge in [-0.1, -0.05) is 6.07 Å². The second-order valence-electron chi connectivity index (χ2n) is 4.47. The molecule has 16 heavy (non-hydrogen) atoms. The molecule has 1 aliphatic rings. The Hall–Kier alpha value is -1.46. The minimum Gasteiger partial charge on any atom is -0.393 e. The third-order valence-corrected chi connectivity index (χ3v) is 3.16. The summed E-state index contributed by atoms with van der Waals surface area (Å²) in [6.07, 6.45) is 0.691. The van der Waals surface area contributed by atoms with Crippen molar-refractivity contribution in [1.29, 1.82) is 0 Å². The summed E-state index contributed by atoms with van der Waals surface area (Å²) in [7, 11) is 0. The molecule has 1 aliphatic carbocycles. The summed E-state index contributed by atoms with van der Waals surface area (Å²) in [5, 5.41) is 19.9. The summed E-state index contributed by atoms with van der Waals surface area (Å²) in [6.45, 7) is 1.81. The molecule has 0 unspecified atom stereocenters. The van der Waals surface area contributed by atoms with E-state index in [1.54, 1.807) is 6.07 Å². The summed E-state index contributed by atoms with van der Waals surface area (Å²) in [5.74, 6) is 0. The zero-order valence-corrected chi connectivity index (χ0v) is 9.01. The number of aryl methyl sites for hydroxylation is 1. The van der Waals surface area contributed by atoms with E-state index in [9.17, 15) is 15.2 Å². The van der Waals surface area contributed by atoms with E-state index in [1.165, 1.54) is 12.1 Å². The summed E-state index contributed by atoms with van der Waals surface area (Å²) in [6, 6.07) is 4.68. The highest BCUT2D eigenvalue weighted by atomic mass is 16.6. The fourth-order valence-corrected chi connectivity index (χ4v) is 2.32. The molecule has 1 saturated carbocycles. The average molecular weight is 222 g/mol. The molecule has 2 rings (SSSR count). The lowest BCUT2D eigenvalue weighted by Crippen LogP contribution is -2.52. The second kappa shape index (κ2) is 3.54. The van der Waals surface area contributed by atoms with Gasteiger partial charge in [0.15, 0.2) is 0 Å². The minimum absolute atomic E-state index is 0.0738. The van der Waals surface area contributed by atoms with Crippen LogP contribution in [0.1, 0.15) is 24.0 Å². The van der Waals surface area contributed by atoms with Crippen LogP contribution in [0.5, 0.6) is 0 Å². The van der Waals surface area contributed by atoms with Gasteiger partial charge in [-0.05, 0) is 30.9 Å². The van der Waals surface area contributed by atoms with Crippen LogP contribution >= 0.6 is 0 Å². The standard InChI is InChI=1S/C11H14N2O3/c1-7-4-8(13(15)16)2-3-10(7)11(12)5-9(14)6-11/h2-4,9,14H,5-6,12H2,1H3. The van der Waals surface area contributed by atoms with Crippen LogP contribution in [0, 0.1) is 17.0 Å². The predicted molar refractivity (Wildman–Crippen MR) is 58.9 cm³/mol. The highest BCUT2D eigenvalue weighted by Crippen LogP contribution is 2.40. The van der Waals surface area contributed by atoms with Crippen LogP contribution in [0.15, 0.2) is 18.2 Å². The molecule has 86 valence electrons. The van der Waals surface area contributed by atoms with Crippen molar-refractivity contribution in [2.75, 3.05) is 0 Å². The van der Waals surface area contributed by atoms with Gasteiger partial charge < -0.3 is 10.8 Å². The topological polar surface area (TPSA) is 89.4 Å². The van der Waals surface area contributed by atoms with Crippen molar-refractivity contribution in [3.8, 4) is 0 Å². The molecule has 0 saturated heterocycles. The first-order chi connectivity index (χ1) is 7.42. The minimum atomic E-state index is -0.515. The van der Waals surface area contributed by atoms with E-state index in [4.69, 9.17) is 5.73 Å². The number of nitrogens with zero attached hydrogens (tertiary/aromatic N) is 1. The maximum absolute atomic E-state index is 10.6. The lowest BCUT2D eigenvalue weighted by Gasteiger charge is -2.43. The van der Waals surface area contributed by atoms with Gasteiger partial charge in [0.1, 0.15) is 0 Å². The van der Waals surface area contributed by atoms with Gasteiger partial charge in [0.2, 0.25) is 0 Å².